The molecule has 0 aromatic carbocycles. The number of urea groups is 1. The minimum atomic E-state index is -0.889. The molecular weight excluding hydrogens is 274 g/mol. The van der Waals surface area contributed by atoms with Crippen LogP contribution < -0.4 is 16.0 Å². The van der Waals surface area contributed by atoms with Gasteiger partial charge in [0.1, 0.15) is 6.04 Å². The van der Waals surface area contributed by atoms with E-state index in [1.807, 2.05) is 0 Å². The van der Waals surface area contributed by atoms with E-state index < -0.39 is 23.5 Å². The number of carboxylic acid groups (broad SMARTS) is 1. The van der Waals surface area contributed by atoms with E-state index in [2.05, 4.69) is 22.9 Å². The lowest BCUT2D eigenvalue weighted by atomic mass is 9.71. The molecule has 0 aromatic rings. The Labute approximate surface area is 124 Å². The Morgan fingerprint density at radius 3 is 2.33 bits per heavy atom. The Hall–Kier alpha value is -1.79. The van der Waals surface area contributed by atoms with Gasteiger partial charge in [-0.15, -0.1) is 0 Å². The van der Waals surface area contributed by atoms with Crippen molar-refractivity contribution in [3.63, 3.8) is 0 Å². The number of likely N-dealkylation sites (N-methyl/N-ethyl adjacent to an activating group) is 1. The molecule has 1 rings (SSSR count). The van der Waals surface area contributed by atoms with Gasteiger partial charge in [-0.25, -0.2) is 4.79 Å². The fourth-order valence-corrected chi connectivity index (χ4v) is 2.56. The third-order valence-electron chi connectivity index (χ3n) is 4.26. The van der Waals surface area contributed by atoms with Gasteiger partial charge in [0.15, 0.2) is 0 Å². The largest absolute Gasteiger partial charge is 0.481 e. The normalized spacial score (nSPS) is 26.5. The molecule has 1 unspecified atom stereocenters. The van der Waals surface area contributed by atoms with Crippen LogP contribution >= 0.6 is 0 Å². The van der Waals surface area contributed by atoms with E-state index in [1.54, 1.807) is 6.92 Å². The maximum atomic E-state index is 11.8. The Balaban J connectivity index is 2.52. The molecule has 1 aliphatic rings. The quantitative estimate of drug-likeness (QED) is 0.599. The summed E-state index contributed by atoms with van der Waals surface area (Å²) in [7, 11) is 1.49. The second-order valence-electron chi connectivity index (χ2n) is 5.93. The Morgan fingerprint density at radius 2 is 1.86 bits per heavy atom. The van der Waals surface area contributed by atoms with Gasteiger partial charge in [0, 0.05) is 13.6 Å². The molecule has 0 heterocycles. The van der Waals surface area contributed by atoms with Gasteiger partial charge in [0.2, 0.25) is 5.91 Å². The second kappa shape index (κ2) is 7.28. The average Bonchev–Trinajstić information content (AvgIpc) is 2.45. The van der Waals surface area contributed by atoms with Crippen LogP contribution in [0.25, 0.3) is 0 Å². The van der Waals surface area contributed by atoms with Gasteiger partial charge in [-0.3, -0.25) is 9.59 Å². The highest BCUT2D eigenvalue weighted by atomic mass is 16.4. The molecule has 7 nitrogen and oxygen atoms in total. The van der Waals surface area contributed by atoms with Crippen LogP contribution in [0.5, 0.6) is 0 Å². The Bertz CT molecular complexity index is 403. The van der Waals surface area contributed by atoms with E-state index in [0.29, 0.717) is 18.8 Å². The number of hydrogen-bond donors (Lipinski definition) is 4. The van der Waals surface area contributed by atoms with Crippen molar-refractivity contribution in [1.29, 1.82) is 0 Å². The lowest BCUT2D eigenvalue weighted by Gasteiger charge is -2.35. The maximum Gasteiger partial charge on any atom is 0.315 e. The van der Waals surface area contributed by atoms with Gasteiger partial charge in [0.05, 0.1) is 5.41 Å². The maximum absolute atomic E-state index is 11.8. The summed E-state index contributed by atoms with van der Waals surface area (Å²) in [4.78, 5) is 34.6. The molecule has 3 amide bonds. The third kappa shape index (κ3) is 4.61. The molecular formula is C14H25N3O4. The molecule has 0 aromatic heterocycles. The van der Waals surface area contributed by atoms with Crippen LogP contribution in [0.1, 0.15) is 39.5 Å². The fraction of sp³-hybridized carbons (Fsp3) is 0.786. The second-order valence-corrected chi connectivity index (χ2v) is 5.93. The van der Waals surface area contributed by atoms with Gasteiger partial charge in [0.25, 0.3) is 0 Å². The fourth-order valence-electron chi connectivity index (χ4n) is 2.56. The highest BCUT2D eigenvalue weighted by Gasteiger charge is 2.41. The van der Waals surface area contributed by atoms with E-state index in [-0.39, 0.29) is 12.5 Å². The molecule has 1 aliphatic carbocycles. The SMILES string of the molecule is CNC(=O)C(C)NC(=O)NCC1(C(=O)O)CCC(C)CC1. The number of nitrogens with one attached hydrogen (secondary N) is 3. The van der Waals surface area contributed by atoms with E-state index in [4.69, 9.17) is 0 Å². The zero-order chi connectivity index (χ0) is 16.0. The first-order chi connectivity index (χ1) is 9.80. The summed E-state index contributed by atoms with van der Waals surface area (Å²) in [5.41, 5.74) is -0.889. The van der Waals surface area contributed by atoms with Crippen LogP contribution in [0.2, 0.25) is 0 Å². The number of carbonyl (C=O) groups is 3. The highest BCUT2D eigenvalue weighted by Crippen LogP contribution is 2.38. The van der Waals surface area contributed by atoms with Gasteiger partial charge in [-0.2, -0.15) is 0 Å². The van der Waals surface area contributed by atoms with Gasteiger partial charge < -0.3 is 21.1 Å². The van der Waals surface area contributed by atoms with Crippen LogP contribution in [0.15, 0.2) is 0 Å². The number of hydrogen-bond acceptors (Lipinski definition) is 3. The molecule has 0 spiro atoms. The number of carboxylic acids is 1. The van der Waals surface area contributed by atoms with Crippen LogP contribution in [0, 0.1) is 11.3 Å². The minimum Gasteiger partial charge on any atom is -0.481 e. The summed E-state index contributed by atoms with van der Waals surface area (Å²) < 4.78 is 0. The summed E-state index contributed by atoms with van der Waals surface area (Å²) >= 11 is 0. The van der Waals surface area contributed by atoms with Gasteiger partial charge in [-0.1, -0.05) is 6.92 Å². The van der Waals surface area contributed by atoms with Crippen molar-refractivity contribution >= 4 is 17.9 Å². The number of amides is 3. The van der Waals surface area contributed by atoms with Crippen LogP contribution in [0.3, 0.4) is 0 Å². The van der Waals surface area contributed by atoms with E-state index in [1.165, 1.54) is 7.05 Å². The van der Waals surface area contributed by atoms with Crippen molar-refractivity contribution in [2.24, 2.45) is 11.3 Å². The van der Waals surface area contributed by atoms with Crippen molar-refractivity contribution in [2.75, 3.05) is 13.6 Å². The molecule has 21 heavy (non-hydrogen) atoms. The van der Waals surface area contributed by atoms with Crippen LogP contribution in [0.4, 0.5) is 4.79 Å². The highest BCUT2D eigenvalue weighted by molar-refractivity contribution is 5.86. The van der Waals surface area contributed by atoms with E-state index in [9.17, 15) is 19.5 Å². The summed E-state index contributed by atoms with van der Waals surface area (Å²) in [6, 6.07) is -1.19. The third-order valence-corrected chi connectivity index (χ3v) is 4.26. The molecule has 0 saturated heterocycles. The summed E-state index contributed by atoms with van der Waals surface area (Å²) in [5, 5.41) is 17.0. The van der Waals surface area contributed by atoms with E-state index >= 15 is 0 Å². The minimum absolute atomic E-state index is 0.0847. The van der Waals surface area contributed by atoms with Crippen molar-refractivity contribution in [3.05, 3.63) is 0 Å². The zero-order valence-electron chi connectivity index (χ0n) is 12.9. The van der Waals surface area contributed by atoms with E-state index in [0.717, 1.165) is 12.8 Å². The van der Waals surface area contributed by atoms with Crippen LogP contribution in [-0.2, 0) is 9.59 Å². The molecule has 1 fully saturated rings. The lowest BCUT2D eigenvalue weighted by molar-refractivity contribution is -0.151. The summed E-state index contributed by atoms with van der Waals surface area (Å²) in [6.07, 6.45) is 2.83. The molecule has 7 heteroatoms. The average molecular weight is 299 g/mol. The monoisotopic (exact) mass is 299 g/mol. The molecule has 4 N–H and O–H groups in total. The first-order valence-corrected chi connectivity index (χ1v) is 7.30. The van der Waals surface area contributed by atoms with Crippen molar-refractivity contribution in [1.82, 2.24) is 16.0 Å². The molecule has 0 aliphatic heterocycles. The smallest absolute Gasteiger partial charge is 0.315 e. The molecule has 120 valence electrons. The van der Waals surface area contributed by atoms with Gasteiger partial charge in [-0.05, 0) is 38.5 Å². The predicted molar refractivity (Wildman–Crippen MR) is 77.8 cm³/mol. The standard InChI is InChI=1S/C14H25N3O4/c1-9-4-6-14(7-5-9,12(19)20)8-16-13(21)17-10(2)11(18)15-3/h9-10H,4-8H2,1-3H3,(H,15,18)(H,19,20)(H2,16,17,21). The Kier molecular flexibility index (Phi) is 5.99. The molecule has 0 bridgehead atoms. The van der Waals surface area contributed by atoms with Gasteiger partial charge >= 0.3 is 12.0 Å². The van der Waals surface area contributed by atoms with Crippen LogP contribution in [-0.4, -0.2) is 42.6 Å². The Morgan fingerprint density at radius 1 is 1.29 bits per heavy atom. The van der Waals surface area contributed by atoms with Crippen molar-refractivity contribution in [3.8, 4) is 0 Å². The number of carbonyl (C=O) groups excluding carboxylic acids is 2. The first kappa shape index (κ1) is 17.3. The number of rotatable bonds is 5. The lowest BCUT2D eigenvalue weighted by Crippen LogP contribution is -2.51. The number of aliphatic carboxylic acids is 1. The molecule has 1 saturated carbocycles. The first-order valence-electron chi connectivity index (χ1n) is 7.30. The van der Waals surface area contributed by atoms with Crippen molar-refractivity contribution < 1.29 is 19.5 Å². The summed E-state index contributed by atoms with van der Waals surface area (Å²) in [5.74, 6) is -0.641. The molecule has 0 radical (unpaired) electrons. The topological polar surface area (TPSA) is 108 Å². The zero-order valence-corrected chi connectivity index (χ0v) is 12.9. The summed E-state index contributed by atoms with van der Waals surface area (Å²) in [6.45, 7) is 3.76. The predicted octanol–water partition coefficient (Wildman–Crippen LogP) is 0.701. The van der Waals surface area contributed by atoms with Crippen molar-refractivity contribution in [2.45, 2.75) is 45.6 Å². The molecule has 1 atom stereocenters.